The number of rotatable bonds is 8. The van der Waals surface area contributed by atoms with Crippen LogP contribution in [0.25, 0.3) is 0 Å². The summed E-state index contributed by atoms with van der Waals surface area (Å²) in [7, 11) is 0. The van der Waals surface area contributed by atoms with Crippen molar-refractivity contribution < 1.29 is 4.74 Å². The van der Waals surface area contributed by atoms with Crippen LogP contribution in [-0.2, 0) is 10.3 Å². The minimum Gasteiger partial charge on any atom is -0.381 e. The van der Waals surface area contributed by atoms with E-state index >= 15 is 0 Å². The summed E-state index contributed by atoms with van der Waals surface area (Å²) in [6.45, 7) is 5.61. The van der Waals surface area contributed by atoms with E-state index in [1.165, 1.54) is 12.8 Å². The molecule has 1 fully saturated rings. The second kappa shape index (κ2) is 6.88. The first-order chi connectivity index (χ1) is 9.66. The van der Waals surface area contributed by atoms with E-state index in [9.17, 15) is 5.26 Å². The second-order valence-corrected chi connectivity index (χ2v) is 5.95. The van der Waals surface area contributed by atoms with Crippen LogP contribution in [-0.4, -0.2) is 19.3 Å². The fourth-order valence-electron chi connectivity index (χ4n) is 2.43. The van der Waals surface area contributed by atoms with Gasteiger partial charge in [0.15, 0.2) is 0 Å². The molecule has 0 aromatic heterocycles. The van der Waals surface area contributed by atoms with Crippen LogP contribution in [0.1, 0.15) is 38.7 Å². The highest BCUT2D eigenvalue weighted by molar-refractivity contribution is 5.31. The first-order valence-electron chi connectivity index (χ1n) is 7.48. The Morgan fingerprint density at radius 3 is 2.60 bits per heavy atom. The van der Waals surface area contributed by atoms with Gasteiger partial charge < -0.3 is 4.74 Å². The monoisotopic (exact) mass is 272 g/mol. The minimum atomic E-state index is -0.654. The average Bonchev–Trinajstić information content (AvgIpc) is 3.27. The van der Waals surface area contributed by atoms with E-state index in [1.807, 2.05) is 30.3 Å². The average molecular weight is 272 g/mol. The van der Waals surface area contributed by atoms with Crippen molar-refractivity contribution >= 4 is 0 Å². The third kappa shape index (κ3) is 4.06. The summed E-state index contributed by atoms with van der Waals surface area (Å²) < 4.78 is 5.73. The quantitative estimate of drug-likeness (QED) is 0.739. The van der Waals surface area contributed by atoms with Crippen LogP contribution in [0, 0.1) is 17.2 Å². The van der Waals surface area contributed by atoms with E-state index in [1.54, 1.807) is 0 Å². The maximum absolute atomic E-state index is 9.73. The standard InChI is InChI=1S/C17H24N2O/c1-14(2)19-17(13-18,16-6-4-3-5-7-16)10-11-20-12-15-8-9-15/h3-7,14-15,19H,8-12H2,1-2H3. The molecule has 0 radical (unpaired) electrons. The second-order valence-electron chi connectivity index (χ2n) is 5.95. The maximum Gasteiger partial charge on any atom is 0.134 e. The van der Waals surface area contributed by atoms with Crippen molar-refractivity contribution in [1.82, 2.24) is 5.32 Å². The van der Waals surface area contributed by atoms with Crippen molar-refractivity contribution in [2.45, 2.75) is 44.7 Å². The number of benzene rings is 1. The minimum absolute atomic E-state index is 0.248. The molecule has 20 heavy (non-hydrogen) atoms. The lowest BCUT2D eigenvalue weighted by atomic mass is 9.87. The SMILES string of the molecule is CC(C)NC(C#N)(CCOCC1CC1)c1ccccc1. The molecule has 0 amide bonds. The number of nitrogens with one attached hydrogen (secondary N) is 1. The van der Waals surface area contributed by atoms with Gasteiger partial charge in [0.1, 0.15) is 5.54 Å². The smallest absolute Gasteiger partial charge is 0.134 e. The lowest BCUT2D eigenvalue weighted by Gasteiger charge is -2.30. The fourth-order valence-corrected chi connectivity index (χ4v) is 2.43. The van der Waals surface area contributed by atoms with Gasteiger partial charge in [0.2, 0.25) is 0 Å². The van der Waals surface area contributed by atoms with Crippen LogP contribution < -0.4 is 5.32 Å². The van der Waals surface area contributed by atoms with E-state index in [0.717, 1.165) is 18.1 Å². The molecule has 0 bridgehead atoms. The zero-order valence-corrected chi connectivity index (χ0v) is 12.4. The summed E-state index contributed by atoms with van der Waals surface area (Å²) in [6, 6.07) is 12.7. The van der Waals surface area contributed by atoms with Crippen molar-refractivity contribution in [3.63, 3.8) is 0 Å². The maximum atomic E-state index is 9.73. The molecule has 1 N–H and O–H groups in total. The van der Waals surface area contributed by atoms with Crippen molar-refractivity contribution in [1.29, 1.82) is 5.26 Å². The van der Waals surface area contributed by atoms with Crippen LogP contribution >= 0.6 is 0 Å². The molecule has 0 saturated heterocycles. The first kappa shape index (κ1) is 15.0. The zero-order valence-electron chi connectivity index (χ0n) is 12.4. The lowest BCUT2D eigenvalue weighted by Crippen LogP contribution is -2.45. The molecule has 1 atom stereocenters. The topological polar surface area (TPSA) is 45.0 Å². The predicted octanol–water partition coefficient (Wildman–Crippen LogP) is 3.22. The van der Waals surface area contributed by atoms with Crippen molar-refractivity contribution in [2.75, 3.05) is 13.2 Å². The van der Waals surface area contributed by atoms with E-state index in [2.05, 4.69) is 25.2 Å². The Kier molecular flexibility index (Phi) is 5.17. The highest BCUT2D eigenvalue weighted by Crippen LogP contribution is 2.30. The normalized spacial score (nSPS) is 17.7. The molecule has 2 rings (SSSR count). The molecule has 1 saturated carbocycles. The number of nitrogens with zero attached hydrogens (tertiary/aromatic N) is 1. The van der Waals surface area contributed by atoms with Gasteiger partial charge in [-0.3, -0.25) is 5.32 Å². The van der Waals surface area contributed by atoms with Gasteiger partial charge in [0.05, 0.1) is 6.07 Å². The molecule has 0 spiro atoms. The van der Waals surface area contributed by atoms with Crippen molar-refractivity contribution in [3.05, 3.63) is 35.9 Å². The van der Waals surface area contributed by atoms with Crippen LogP contribution in [0.3, 0.4) is 0 Å². The summed E-state index contributed by atoms with van der Waals surface area (Å²) in [5.74, 6) is 0.765. The molecular weight excluding hydrogens is 248 g/mol. The van der Waals surface area contributed by atoms with Gasteiger partial charge in [0.25, 0.3) is 0 Å². The largest absolute Gasteiger partial charge is 0.381 e. The van der Waals surface area contributed by atoms with Gasteiger partial charge >= 0.3 is 0 Å². The van der Waals surface area contributed by atoms with Gasteiger partial charge in [-0.25, -0.2) is 0 Å². The molecule has 1 aromatic carbocycles. The summed E-state index contributed by atoms with van der Waals surface area (Å²) in [4.78, 5) is 0. The molecule has 3 nitrogen and oxygen atoms in total. The molecular formula is C17H24N2O. The summed E-state index contributed by atoms with van der Waals surface area (Å²) in [5.41, 5.74) is 0.366. The lowest BCUT2D eigenvalue weighted by molar-refractivity contribution is 0.105. The molecule has 1 unspecified atom stereocenters. The molecule has 108 valence electrons. The van der Waals surface area contributed by atoms with Crippen LogP contribution in [0.2, 0.25) is 0 Å². The zero-order chi connectivity index (χ0) is 14.4. The van der Waals surface area contributed by atoms with E-state index < -0.39 is 5.54 Å². The summed E-state index contributed by atoms with van der Waals surface area (Å²) >= 11 is 0. The Hall–Kier alpha value is -1.37. The van der Waals surface area contributed by atoms with Crippen LogP contribution in [0.4, 0.5) is 0 Å². The number of hydrogen-bond donors (Lipinski definition) is 1. The third-order valence-corrected chi connectivity index (χ3v) is 3.66. The Bertz CT molecular complexity index is 448. The number of nitriles is 1. The van der Waals surface area contributed by atoms with Gasteiger partial charge in [-0.15, -0.1) is 0 Å². The van der Waals surface area contributed by atoms with Crippen LogP contribution in [0.5, 0.6) is 0 Å². The van der Waals surface area contributed by atoms with Crippen molar-refractivity contribution in [3.8, 4) is 6.07 Å². The molecule has 1 aliphatic carbocycles. The molecule has 1 aliphatic rings. The highest BCUT2D eigenvalue weighted by Gasteiger charge is 2.32. The molecule has 1 aromatic rings. The predicted molar refractivity (Wildman–Crippen MR) is 80.2 cm³/mol. The van der Waals surface area contributed by atoms with Gasteiger partial charge in [-0.05, 0) is 38.2 Å². The Morgan fingerprint density at radius 2 is 2.05 bits per heavy atom. The summed E-state index contributed by atoms with van der Waals surface area (Å²) in [5, 5.41) is 13.2. The Balaban J connectivity index is 2.03. The van der Waals surface area contributed by atoms with Gasteiger partial charge in [-0.1, -0.05) is 30.3 Å². The van der Waals surface area contributed by atoms with E-state index in [-0.39, 0.29) is 6.04 Å². The van der Waals surface area contributed by atoms with Gasteiger partial charge in [0, 0.05) is 25.7 Å². The third-order valence-electron chi connectivity index (χ3n) is 3.66. The Labute approximate surface area is 121 Å². The highest BCUT2D eigenvalue weighted by atomic mass is 16.5. The van der Waals surface area contributed by atoms with E-state index in [4.69, 9.17) is 4.74 Å². The number of hydrogen-bond acceptors (Lipinski definition) is 3. The molecule has 0 aliphatic heterocycles. The first-order valence-corrected chi connectivity index (χ1v) is 7.48. The van der Waals surface area contributed by atoms with Crippen LogP contribution in [0.15, 0.2) is 30.3 Å². The fraction of sp³-hybridized carbons (Fsp3) is 0.588. The Morgan fingerprint density at radius 1 is 1.35 bits per heavy atom. The molecule has 0 heterocycles. The molecule has 3 heteroatoms. The number of ether oxygens (including phenoxy) is 1. The van der Waals surface area contributed by atoms with Gasteiger partial charge in [-0.2, -0.15) is 5.26 Å². The van der Waals surface area contributed by atoms with E-state index in [0.29, 0.717) is 13.0 Å². The summed E-state index contributed by atoms with van der Waals surface area (Å²) in [6.07, 6.45) is 3.27. The van der Waals surface area contributed by atoms with Crippen molar-refractivity contribution in [2.24, 2.45) is 5.92 Å².